The normalized spacial score (nSPS) is 18.2. The summed E-state index contributed by atoms with van der Waals surface area (Å²) < 4.78 is 9.39. The zero-order chi connectivity index (χ0) is 15.4. The minimum absolute atomic E-state index is 0.119. The molecule has 1 aliphatic rings. The molecular formula is C15H20N2O4. The van der Waals surface area contributed by atoms with Crippen molar-refractivity contribution in [1.29, 1.82) is 0 Å². The monoisotopic (exact) mass is 292 g/mol. The van der Waals surface area contributed by atoms with E-state index in [2.05, 4.69) is 16.8 Å². The molecule has 0 radical (unpaired) electrons. The summed E-state index contributed by atoms with van der Waals surface area (Å²) in [7, 11) is 2.58. The van der Waals surface area contributed by atoms with Gasteiger partial charge in [0, 0.05) is 18.8 Å². The number of rotatable bonds is 3. The molecule has 0 saturated carbocycles. The van der Waals surface area contributed by atoms with Gasteiger partial charge >= 0.3 is 11.9 Å². The van der Waals surface area contributed by atoms with E-state index in [0.717, 1.165) is 25.2 Å². The van der Waals surface area contributed by atoms with Gasteiger partial charge in [0.05, 0.1) is 14.2 Å². The van der Waals surface area contributed by atoms with E-state index < -0.39 is 11.9 Å². The van der Waals surface area contributed by atoms with E-state index in [1.54, 1.807) is 12.1 Å². The zero-order valence-electron chi connectivity index (χ0n) is 12.6. The lowest BCUT2D eigenvalue weighted by Gasteiger charge is -2.33. The van der Waals surface area contributed by atoms with Gasteiger partial charge in [0.15, 0.2) is 11.4 Å². The zero-order valence-corrected chi connectivity index (χ0v) is 12.6. The average molecular weight is 292 g/mol. The van der Waals surface area contributed by atoms with Crippen molar-refractivity contribution in [2.24, 2.45) is 5.92 Å². The van der Waals surface area contributed by atoms with Gasteiger partial charge in [-0.25, -0.2) is 14.6 Å². The maximum absolute atomic E-state index is 11.7. The summed E-state index contributed by atoms with van der Waals surface area (Å²) >= 11 is 0. The second-order valence-corrected chi connectivity index (χ2v) is 5.27. The van der Waals surface area contributed by atoms with Crippen LogP contribution < -0.4 is 4.90 Å². The highest BCUT2D eigenvalue weighted by molar-refractivity contribution is 5.93. The summed E-state index contributed by atoms with van der Waals surface area (Å²) in [5.41, 5.74) is 1.04. The third-order valence-electron chi connectivity index (χ3n) is 3.62. The minimum atomic E-state index is -0.563. The van der Waals surface area contributed by atoms with E-state index >= 15 is 0 Å². The van der Waals surface area contributed by atoms with Crippen LogP contribution >= 0.6 is 0 Å². The number of carbonyl (C=O) groups excluding carboxylic acids is 2. The highest BCUT2D eigenvalue weighted by atomic mass is 16.5. The molecule has 114 valence electrons. The Morgan fingerprint density at radius 1 is 1.19 bits per heavy atom. The Kier molecular flexibility index (Phi) is 4.77. The minimum Gasteiger partial charge on any atom is -0.464 e. The summed E-state index contributed by atoms with van der Waals surface area (Å²) in [5.74, 6) is -0.547. The molecule has 6 nitrogen and oxygen atoms in total. The Bertz CT molecular complexity index is 510. The molecule has 0 aliphatic carbocycles. The summed E-state index contributed by atoms with van der Waals surface area (Å²) in [6.45, 7) is 3.98. The van der Waals surface area contributed by atoms with Crippen molar-refractivity contribution in [3.8, 4) is 0 Å². The molecule has 0 amide bonds. The molecule has 1 aliphatic heterocycles. The molecular weight excluding hydrogens is 272 g/mol. The number of hydrogen-bond donors (Lipinski definition) is 0. The number of ether oxygens (including phenoxy) is 2. The molecule has 2 heterocycles. The molecule has 21 heavy (non-hydrogen) atoms. The highest BCUT2D eigenvalue weighted by Gasteiger charge is 2.21. The molecule has 1 fully saturated rings. The summed E-state index contributed by atoms with van der Waals surface area (Å²) in [6.07, 6.45) is 2.28. The molecule has 1 unspecified atom stereocenters. The van der Waals surface area contributed by atoms with Crippen LogP contribution in [0.3, 0.4) is 0 Å². The number of piperidine rings is 1. The van der Waals surface area contributed by atoms with E-state index in [1.165, 1.54) is 20.6 Å². The smallest absolute Gasteiger partial charge is 0.356 e. The fourth-order valence-corrected chi connectivity index (χ4v) is 2.54. The predicted octanol–water partition coefficient (Wildman–Crippen LogP) is 1.89. The molecule has 1 aromatic heterocycles. The van der Waals surface area contributed by atoms with Crippen molar-refractivity contribution in [1.82, 2.24) is 4.98 Å². The number of anilines is 1. The Balaban J connectivity index is 2.39. The topological polar surface area (TPSA) is 68.7 Å². The SMILES string of the molecule is COC(=O)c1cc(N2CCCC(C)C2)cc(C(=O)OC)n1. The highest BCUT2D eigenvalue weighted by Crippen LogP contribution is 2.24. The molecule has 1 atom stereocenters. The van der Waals surface area contributed by atoms with Crippen LogP contribution in [-0.2, 0) is 9.47 Å². The Labute approximate surface area is 124 Å². The first-order chi connectivity index (χ1) is 10.0. The van der Waals surface area contributed by atoms with Gasteiger partial charge < -0.3 is 14.4 Å². The van der Waals surface area contributed by atoms with Crippen molar-refractivity contribution in [3.05, 3.63) is 23.5 Å². The van der Waals surface area contributed by atoms with Gasteiger partial charge in [-0.3, -0.25) is 0 Å². The summed E-state index contributed by atoms with van der Waals surface area (Å²) in [4.78, 5) is 29.6. The lowest BCUT2D eigenvalue weighted by Crippen LogP contribution is -2.34. The van der Waals surface area contributed by atoms with Crippen LogP contribution in [0.1, 0.15) is 40.7 Å². The number of carbonyl (C=O) groups is 2. The molecule has 1 saturated heterocycles. The van der Waals surface area contributed by atoms with E-state index in [-0.39, 0.29) is 11.4 Å². The molecule has 0 bridgehead atoms. The van der Waals surface area contributed by atoms with E-state index in [1.807, 2.05) is 0 Å². The first-order valence-electron chi connectivity index (χ1n) is 6.98. The van der Waals surface area contributed by atoms with E-state index in [4.69, 9.17) is 9.47 Å². The number of esters is 2. The first-order valence-corrected chi connectivity index (χ1v) is 6.98. The molecule has 0 aromatic carbocycles. The largest absolute Gasteiger partial charge is 0.464 e. The summed E-state index contributed by atoms with van der Waals surface area (Å²) in [5, 5.41) is 0. The van der Waals surface area contributed by atoms with Gasteiger partial charge in [-0.15, -0.1) is 0 Å². The fourth-order valence-electron chi connectivity index (χ4n) is 2.54. The quantitative estimate of drug-likeness (QED) is 0.792. The first kappa shape index (κ1) is 15.3. The van der Waals surface area contributed by atoms with Gasteiger partial charge in [-0.05, 0) is 30.9 Å². The summed E-state index contributed by atoms with van der Waals surface area (Å²) in [6, 6.07) is 3.33. The maximum Gasteiger partial charge on any atom is 0.356 e. The second-order valence-electron chi connectivity index (χ2n) is 5.27. The third kappa shape index (κ3) is 3.51. The lowest BCUT2D eigenvalue weighted by atomic mass is 9.99. The van der Waals surface area contributed by atoms with Crippen molar-refractivity contribution >= 4 is 17.6 Å². The third-order valence-corrected chi connectivity index (χ3v) is 3.62. The van der Waals surface area contributed by atoms with Gasteiger partial charge in [-0.2, -0.15) is 0 Å². The number of hydrogen-bond acceptors (Lipinski definition) is 6. The van der Waals surface area contributed by atoms with Crippen LogP contribution in [0.5, 0.6) is 0 Å². The van der Waals surface area contributed by atoms with Gasteiger partial charge in [-0.1, -0.05) is 6.92 Å². The number of aromatic nitrogens is 1. The Morgan fingerprint density at radius 3 is 2.24 bits per heavy atom. The van der Waals surface area contributed by atoms with Crippen LogP contribution in [0, 0.1) is 5.92 Å². The average Bonchev–Trinajstić information content (AvgIpc) is 2.52. The van der Waals surface area contributed by atoms with E-state index in [9.17, 15) is 9.59 Å². The number of nitrogens with zero attached hydrogens (tertiary/aromatic N) is 2. The Hall–Kier alpha value is -2.11. The number of pyridine rings is 1. The van der Waals surface area contributed by atoms with Crippen LogP contribution in [0.15, 0.2) is 12.1 Å². The molecule has 6 heteroatoms. The molecule has 0 N–H and O–H groups in total. The predicted molar refractivity (Wildman–Crippen MR) is 77.5 cm³/mol. The van der Waals surface area contributed by atoms with Crippen molar-refractivity contribution in [3.63, 3.8) is 0 Å². The van der Waals surface area contributed by atoms with Crippen LogP contribution in [0.25, 0.3) is 0 Å². The van der Waals surface area contributed by atoms with Crippen LogP contribution in [0.2, 0.25) is 0 Å². The molecule has 0 spiro atoms. The van der Waals surface area contributed by atoms with Crippen molar-refractivity contribution in [2.45, 2.75) is 19.8 Å². The van der Waals surface area contributed by atoms with Gasteiger partial charge in [0.1, 0.15) is 0 Å². The standard InChI is InChI=1S/C15H20N2O4/c1-10-5-4-6-17(9-10)11-7-12(14(18)20-2)16-13(8-11)15(19)21-3/h7-8,10H,4-6,9H2,1-3H3. The van der Waals surface area contributed by atoms with Crippen LogP contribution in [-0.4, -0.2) is 44.2 Å². The molecule has 1 aromatic rings. The molecule has 2 rings (SSSR count). The van der Waals surface area contributed by atoms with E-state index in [0.29, 0.717) is 5.92 Å². The van der Waals surface area contributed by atoms with Crippen molar-refractivity contribution < 1.29 is 19.1 Å². The maximum atomic E-state index is 11.7. The Morgan fingerprint density at radius 2 is 1.76 bits per heavy atom. The fraction of sp³-hybridized carbons (Fsp3) is 0.533. The van der Waals surface area contributed by atoms with Crippen molar-refractivity contribution in [2.75, 3.05) is 32.2 Å². The van der Waals surface area contributed by atoms with Crippen LogP contribution in [0.4, 0.5) is 5.69 Å². The lowest BCUT2D eigenvalue weighted by molar-refractivity contribution is 0.0586. The second kappa shape index (κ2) is 6.56. The van der Waals surface area contributed by atoms with Gasteiger partial charge in [0.2, 0.25) is 0 Å². The van der Waals surface area contributed by atoms with Gasteiger partial charge in [0.25, 0.3) is 0 Å². The number of methoxy groups -OCH3 is 2.